The van der Waals surface area contributed by atoms with Crippen LogP contribution in [0.15, 0.2) is 67.0 Å². The summed E-state index contributed by atoms with van der Waals surface area (Å²) in [5.41, 5.74) is 3.64. The van der Waals surface area contributed by atoms with Crippen LogP contribution in [-0.2, 0) is 7.05 Å². The fraction of sp³-hybridized carbons (Fsp3) is 0.174. The summed E-state index contributed by atoms with van der Waals surface area (Å²) in [6, 6.07) is 14.8. The maximum absolute atomic E-state index is 14.5. The highest BCUT2D eigenvalue weighted by molar-refractivity contribution is 5.94. The van der Waals surface area contributed by atoms with Crippen molar-refractivity contribution in [2.45, 2.75) is 19.9 Å². The number of hydrogen-bond acceptors (Lipinski definition) is 3. The SMILES string of the molecule is Cc1cc(C)n(-c2ccc(C(=O)NC(c3ccccc3F)c3nccn3C)cc2)n1. The Hall–Kier alpha value is -3.74. The maximum Gasteiger partial charge on any atom is 0.252 e. The molecule has 0 spiro atoms. The zero-order valence-corrected chi connectivity index (χ0v) is 17.0. The molecule has 0 aliphatic heterocycles. The monoisotopic (exact) mass is 403 g/mol. The molecule has 2 heterocycles. The van der Waals surface area contributed by atoms with Crippen molar-refractivity contribution in [1.29, 1.82) is 0 Å². The van der Waals surface area contributed by atoms with Crippen LogP contribution in [0.3, 0.4) is 0 Å². The Kier molecular flexibility index (Phi) is 5.18. The van der Waals surface area contributed by atoms with E-state index in [-0.39, 0.29) is 5.91 Å². The van der Waals surface area contributed by atoms with E-state index in [2.05, 4.69) is 15.4 Å². The van der Waals surface area contributed by atoms with Gasteiger partial charge in [0.1, 0.15) is 17.7 Å². The molecule has 1 atom stereocenters. The van der Waals surface area contributed by atoms with E-state index in [1.165, 1.54) is 6.07 Å². The Morgan fingerprint density at radius 1 is 1.10 bits per heavy atom. The molecule has 0 aliphatic carbocycles. The first-order chi connectivity index (χ1) is 14.4. The van der Waals surface area contributed by atoms with Crippen molar-refractivity contribution in [2.24, 2.45) is 7.05 Å². The number of aryl methyl sites for hydroxylation is 3. The third kappa shape index (κ3) is 3.74. The first kappa shape index (κ1) is 19.6. The van der Waals surface area contributed by atoms with Gasteiger partial charge in [0, 0.05) is 36.3 Å². The molecule has 0 bridgehead atoms. The predicted molar refractivity (Wildman–Crippen MR) is 112 cm³/mol. The molecule has 4 aromatic rings. The van der Waals surface area contributed by atoms with Gasteiger partial charge < -0.3 is 9.88 Å². The zero-order chi connectivity index (χ0) is 21.3. The van der Waals surface area contributed by atoms with E-state index in [0.717, 1.165) is 17.1 Å². The second-order valence-electron chi connectivity index (χ2n) is 7.21. The molecule has 1 amide bonds. The van der Waals surface area contributed by atoms with Crippen LogP contribution in [0.5, 0.6) is 0 Å². The molecule has 2 aromatic heterocycles. The van der Waals surface area contributed by atoms with Crippen LogP contribution < -0.4 is 5.32 Å². The lowest BCUT2D eigenvalue weighted by molar-refractivity contribution is 0.0940. The first-order valence-corrected chi connectivity index (χ1v) is 9.60. The molecule has 2 aromatic carbocycles. The number of carbonyl (C=O) groups is 1. The predicted octanol–water partition coefficient (Wildman–Crippen LogP) is 3.88. The average Bonchev–Trinajstić information content (AvgIpc) is 3.31. The Bertz CT molecular complexity index is 1190. The Morgan fingerprint density at radius 3 is 2.43 bits per heavy atom. The average molecular weight is 403 g/mol. The summed E-state index contributed by atoms with van der Waals surface area (Å²) in [6.45, 7) is 3.91. The van der Waals surface area contributed by atoms with Gasteiger partial charge in [0.2, 0.25) is 0 Å². The van der Waals surface area contributed by atoms with Gasteiger partial charge in [-0.1, -0.05) is 18.2 Å². The molecule has 1 unspecified atom stereocenters. The highest BCUT2D eigenvalue weighted by Crippen LogP contribution is 2.24. The zero-order valence-electron chi connectivity index (χ0n) is 17.0. The summed E-state index contributed by atoms with van der Waals surface area (Å²) < 4.78 is 18.1. The second kappa shape index (κ2) is 7.94. The molecule has 0 saturated heterocycles. The van der Waals surface area contributed by atoms with Crippen LogP contribution in [0.25, 0.3) is 5.69 Å². The summed E-state index contributed by atoms with van der Waals surface area (Å²) >= 11 is 0. The fourth-order valence-electron chi connectivity index (χ4n) is 3.50. The normalized spacial score (nSPS) is 12.0. The van der Waals surface area contributed by atoms with Crippen LogP contribution in [0.2, 0.25) is 0 Å². The van der Waals surface area contributed by atoms with E-state index in [1.807, 2.05) is 43.8 Å². The highest BCUT2D eigenvalue weighted by Gasteiger charge is 2.24. The number of imidazole rings is 1. The van der Waals surface area contributed by atoms with Gasteiger partial charge in [0.25, 0.3) is 5.91 Å². The molecule has 0 fully saturated rings. The smallest absolute Gasteiger partial charge is 0.252 e. The number of hydrogen-bond donors (Lipinski definition) is 1. The van der Waals surface area contributed by atoms with Crippen molar-refractivity contribution in [3.63, 3.8) is 0 Å². The third-order valence-corrected chi connectivity index (χ3v) is 4.99. The molecule has 0 aliphatic rings. The summed E-state index contributed by atoms with van der Waals surface area (Å²) in [5, 5.41) is 7.38. The summed E-state index contributed by atoms with van der Waals surface area (Å²) in [6.07, 6.45) is 3.39. The number of nitrogens with one attached hydrogen (secondary N) is 1. The van der Waals surface area contributed by atoms with Crippen molar-refractivity contribution in [3.05, 3.63) is 101 Å². The number of benzene rings is 2. The molecule has 0 radical (unpaired) electrons. The van der Waals surface area contributed by atoms with Crippen LogP contribution in [0.1, 0.15) is 39.2 Å². The minimum atomic E-state index is -0.714. The van der Waals surface area contributed by atoms with Crippen molar-refractivity contribution < 1.29 is 9.18 Å². The Morgan fingerprint density at radius 2 is 1.83 bits per heavy atom. The fourth-order valence-corrected chi connectivity index (χ4v) is 3.50. The topological polar surface area (TPSA) is 64.7 Å². The van der Waals surface area contributed by atoms with Gasteiger partial charge in [0.05, 0.1) is 11.4 Å². The highest BCUT2D eigenvalue weighted by atomic mass is 19.1. The molecular weight excluding hydrogens is 381 g/mol. The van der Waals surface area contributed by atoms with Crippen LogP contribution in [0, 0.1) is 19.7 Å². The minimum absolute atomic E-state index is 0.314. The lowest BCUT2D eigenvalue weighted by Gasteiger charge is -2.20. The second-order valence-corrected chi connectivity index (χ2v) is 7.21. The molecule has 1 N–H and O–H groups in total. The van der Waals surface area contributed by atoms with Crippen LogP contribution in [0.4, 0.5) is 4.39 Å². The van der Waals surface area contributed by atoms with Gasteiger partial charge in [-0.25, -0.2) is 14.1 Å². The van der Waals surface area contributed by atoms with Crippen molar-refractivity contribution >= 4 is 5.91 Å². The van der Waals surface area contributed by atoms with Crippen molar-refractivity contribution in [1.82, 2.24) is 24.6 Å². The summed E-state index contributed by atoms with van der Waals surface area (Å²) in [5.74, 6) is -0.162. The lowest BCUT2D eigenvalue weighted by atomic mass is 10.0. The van der Waals surface area contributed by atoms with E-state index in [4.69, 9.17) is 0 Å². The van der Waals surface area contributed by atoms with Crippen molar-refractivity contribution in [2.75, 3.05) is 0 Å². The Labute approximate surface area is 174 Å². The molecule has 4 rings (SSSR count). The molecule has 6 nitrogen and oxygen atoms in total. The molecule has 30 heavy (non-hydrogen) atoms. The Balaban J connectivity index is 1.62. The number of carbonyl (C=O) groups excluding carboxylic acids is 1. The van der Waals surface area contributed by atoms with Crippen LogP contribution in [-0.4, -0.2) is 25.2 Å². The van der Waals surface area contributed by atoms with Crippen molar-refractivity contribution in [3.8, 4) is 5.69 Å². The quantitative estimate of drug-likeness (QED) is 0.550. The van der Waals surface area contributed by atoms with E-state index in [1.54, 1.807) is 47.3 Å². The van der Waals surface area contributed by atoms with Gasteiger partial charge in [-0.15, -0.1) is 0 Å². The maximum atomic E-state index is 14.5. The summed E-state index contributed by atoms with van der Waals surface area (Å²) in [7, 11) is 1.81. The third-order valence-electron chi connectivity index (χ3n) is 4.99. The van der Waals surface area contributed by atoms with E-state index in [0.29, 0.717) is 17.0 Å². The van der Waals surface area contributed by atoms with Gasteiger partial charge in [-0.05, 0) is 50.2 Å². The van der Waals surface area contributed by atoms with Gasteiger partial charge in [-0.3, -0.25) is 4.79 Å². The number of rotatable bonds is 5. The molecule has 0 saturated carbocycles. The standard InChI is InChI=1S/C23H22FN5O/c1-15-14-16(2)29(27-15)18-10-8-17(9-11-18)23(30)26-21(22-25-12-13-28(22)3)19-6-4-5-7-20(19)24/h4-14,21H,1-3H3,(H,26,30). The minimum Gasteiger partial charge on any atom is -0.338 e. The van der Waals surface area contributed by atoms with E-state index >= 15 is 0 Å². The number of aromatic nitrogens is 4. The van der Waals surface area contributed by atoms with E-state index in [9.17, 15) is 9.18 Å². The largest absolute Gasteiger partial charge is 0.338 e. The first-order valence-electron chi connectivity index (χ1n) is 9.60. The van der Waals surface area contributed by atoms with Gasteiger partial charge in [-0.2, -0.15) is 5.10 Å². The number of halogens is 1. The summed E-state index contributed by atoms with van der Waals surface area (Å²) in [4.78, 5) is 17.3. The molecule has 152 valence electrons. The molecule has 7 heteroatoms. The van der Waals surface area contributed by atoms with Crippen LogP contribution >= 0.6 is 0 Å². The van der Waals surface area contributed by atoms with Gasteiger partial charge in [0.15, 0.2) is 0 Å². The number of amides is 1. The van der Waals surface area contributed by atoms with Gasteiger partial charge >= 0.3 is 0 Å². The lowest BCUT2D eigenvalue weighted by Crippen LogP contribution is -2.31. The number of nitrogens with zero attached hydrogens (tertiary/aromatic N) is 4. The molecular formula is C23H22FN5O. The van der Waals surface area contributed by atoms with E-state index < -0.39 is 11.9 Å².